The van der Waals surface area contributed by atoms with Gasteiger partial charge in [0.05, 0.1) is 7.11 Å². The summed E-state index contributed by atoms with van der Waals surface area (Å²) in [5.41, 5.74) is 7.19. The summed E-state index contributed by atoms with van der Waals surface area (Å²) in [5, 5.41) is 0. The molecule has 19 heavy (non-hydrogen) atoms. The Balaban J connectivity index is 1.93. The molecule has 0 bridgehead atoms. The van der Waals surface area contributed by atoms with Gasteiger partial charge in [-0.15, -0.1) is 11.8 Å². The molecule has 1 atom stereocenters. The van der Waals surface area contributed by atoms with Gasteiger partial charge in [0.1, 0.15) is 11.6 Å². The lowest BCUT2D eigenvalue weighted by Crippen LogP contribution is -2.12. The number of ether oxygens (including phenoxy) is 1. The predicted octanol–water partition coefficient (Wildman–Crippen LogP) is 3.63. The van der Waals surface area contributed by atoms with E-state index in [1.54, 1.807) is 31.0 Å². The molecule has 0 heterocycles. The average Bonchev–Trinajstić information content (AvgIpc) is 2.46. The maximum Gasteiger partial charge on any atom is 0.123 e. The second-order valence-electron chi connectivity index (χ2n) is 4.14. The first-order valence-corrected chi connectivity index (χ1v) is 6.95. The second-order valence-corrected chi connectivity index (χ2v) is 5.24. The molecule has 2 aromatic carbocycles. The highest BCUT2D eigenvalue weighted by atomic mass is 32.2. The molecule has 2 nitrogen and oxygen atoms in total. The number of rotatable bonds is 5. The Bertz CT molecular complexity index is 513. The van der Waals surface area contributed by atoms with E-state index in [0.717, 1.165) is 22.0 Å². The quantitative estimate of drug-likeness (QED) is 0.848. The minimum atomic E-state index is -0.219. The standard InChI is InChI=1S/C15H16FNOS/c1-18-13-6-2-11(3-7-13)15(17)10-19-14-8-4-12(16)5-9-14/h2-9,15H,10,17H2,1H3. The number of nitrogens with two attached hydrogens (primary N) is 1. The third-order valence-corrected chi connectivity index (χ3v) is 3.92. The van der Waals surface area contributed by atoms with E-state index in [2.05, 4.69) is 0 Å². The molecule has 100 valence electrons. The van der Waals surface area contributed by atoms with Gasteiger partial charge in [0.25, 0.3) is 0 Å². The Hall–Kier alpha value is -1.52. The zero-order chi connectivity index (χ0) is 13.7. The lowest BCUT2D eigenvalue weighted by Gasteiger charge is -2.12. The van der Waals surface area contributed by atoms with Crippen molar-refractivity contribution < 1.29 is 9.13 Å². The normalized spacial score (nSPS) is 12.2. The van der Waals surface area contributed by atoms with Crippen molar-refractivity contribution in [2.24, 2.45) is 5.73 Å². The molecule has 2 rings (SSSR count). The molecule has 2 aromatic rings. The van der Waals surface area contributed by atoms with Gasteiger partial charge < -0.3 is 10.5 Å². The summed E-state index contributed by atoms with van der Waals surface area (Å²) in [6.45, 7) is 0. The van der Waals surface area contributed by atoms with Crippen LogP contribution in [0.25, 0.3) is 0 Å². The third-order valence-electron chi connectivity index (χ3n) is 2.79. The molecule has 1 unspecified atom stereocenters. The van der Waals surface area contributed by atoms with E-state index >= 15 is 0 Å². The molecule has 0 spiro atoms. The van der Waals surface area contributed by atoms with Crippen molar-refractivity contribution in [1.29, 1.82) is 0 Å². The molecular formula is C15H16FNOS. The van der Waals surface area contributed by atoms with Crippen LogP contribution in [-0.2, 0) is 0 Å². The van der Waals surface area contributed by atoms with Crippen LogP contribution in [0.2, 0.25) is 0 Å². The second kappa shape index (κ2) is 6.59. The van der Waals surface area contributed by atoms with Crippen molar-refractivity contribution >= 4 is 11.8 Å². The van der Waals surface area contributed by atoms with E-state index < -0.39 is 0 Å². The number of benzene rings is 2. The van der Waals surface area contributed by atoms with Gasteiger partial charge in [0, 0.05) is 16.7 Å². The van der Waals surface area contributed by atoms with E-state index in [1.165, 1.54) is 12.1 Å². The number of methoxy groups -OCH3 is 1. The maximum absolute atomic E-state index is 12.8. The number of thioether (sulfide) groups is 1. The molecular weight excluding hydrogens is 261 g/mol. The molecule has 0 radical (unpaired) electrons. The third kappa shape index (κ3) is 3.98. The van der Waals surface area contributed by atoms with Gasteiger partial charge in [-0.3, -0.25) is 0 Å². The number of halogens is 1. The summed E-state index contributed by atoms with van der Waals surface area (Å²) in [6.07, 6.45) is 0. The molecule has 0 aliphatic heterocycles. The average molecular weight is 277 g/mol. The zero-order valence-corrected chi connectivity index (χ0v) is 11.5. The highest BCUT2D eigenvalue weighted by molar-refractivity contribution is 7.99. The van der Waals surface area contributed by atoms with E-state index in [1.807, 2.05) is 24.3 Å². The lowest BCUT2D eigenvalue weighted by molar-refractivity contribution is 0.414. The van der Waals surface area contributed by atoms with E-state index in [4.69, 9.17) is 10.5 Å². The first-order chi connectivity index (χ1) is 9.19. The van der Waals surface area contributed by atoms with E-state index in [-0.39, 0.29) is 11.9 Å². The van der Waals surface area contributed by atoms with Crippen molar-refractivity contribution in [1.82, 2.24) is 0 Å². The van der Waals surface area contributed by atoms with E-state index in [0.29, 0.717) is 0 Å². The van der Waals surface area contributed by atoms with Crippen LogP contribution < -0.4 is 10.5 Å². The number of hydrogen-bond acceptors (Lipinski definition) is 3. The topological polar surface area (TPSA) is 35.2 Å². The fourth-order valence-electron chi connectivity index (χ4n) is 1.66. The van der Waals surface area contributed by atoms with Gasteiger partial charge in [-0.2, -0.15) is 0 Å². The monoisotopic (exact) mass is 277 g/mol. The summed E-state index contributed by atoms with van der Waals surface area (Å²) in [4.78, 5) is 1.02. The maximum atomic E-state index is 12.8. The van der Waals surface area contributed by atoms with Gasteiger partial charge in [-0.25, -0.2) is 4.39 Å². The van der Waals surface area contributed by atoms with Crippen LogP contribution in [0.3, 0.4) is 0 Å². The fourth-order valence-corrected chi connectivity index (χ4v) is 2.56. The van der Waals surface area contributed by atoms with Crippen LogP contribution in [0.15, 0.2) is 53.4 Å². The summed E-state index contributed by atoms with van der Waals surface area (Å²) < 4.78 is 17.9. The predicted molar refractivity (Wildman–Crippen MR) is 77.0 cm³/mol. The SMILES string of the molecule is COc1ccc(C(N)CSc2ccc(F)cc2)cc1. The summed E-state index contributed by atoms with van der Waals surface area (Å²) in [6, 6.07) is 14.1. The lowest BCUT2D eigenvalue weighted by atomic mass is 10.1. The molecule has 2 N–H and O–H groups in total. The largest absolute Gasteiger partial charge is 0.497 e. The van der Waals surface area contributed by atoms with Crippen molar-refractivity contribution in [3.63, 3.8) is 0 Å². The van der Waals surface area contributed by atoms with Crippen molar-refractivity contribution in [3.05, 3.63) is 59.9 Å². The molecule has 0 aromatic heterocycles. The molecule has 0 saturated heterocycles. The van der Waals surface area contributed by atoms with Gasteiger partial charge >= 0.3 is 0 Å². The Labute approximate surface area is 116 Å². The molecule has 0 amide bonds. The van der Waals surface area contributed by atoms with Crippen LogP contribution in [-0.4, -0.2) is 12.9 Å². The van der Waals surface area contributed by atoms with Gasteiger partial charge in [0.15, 0.2) is 0 Å². The highest BCUT2D eigenvalue weighted by Crippen LogP contribution is 2.24. The Morgan fingerprint density at radius 2 is 1.74 bits per heavy atom. The Kier molecular flexibility index (Phi) is 4.82. The molecule has 0 fully saturated rings. The van der Waals surface area contributed by atoms with Gasteiger partial charge in [-0.05, 0) is 42.0 Å². The van der Waals surface area contributed by atoms with Crippen molar-refractivity contribution in [2.45, 2.75) is 10.9 Å². The first-order valence-electron chi connectivity index (χ1n) is 5.97. The van der Waals surface area contributed by atoms with Crippen LogP contribution >= 0.6 is 11.8 Å². The van der Waals surface area contributed by atoms with Crippen LogP contribution in [0.5, 0.6) is 5.75 Å². The highest BCUT2D eigenvalue weighted by Gasteiger charge is 2.07. The Morgan fingerprint density at radius 1 is 1.11 bits per heavy atom. The molecule has 4 heteroatoms. The molecule has 0 aliphatic carbocycles. The van der Waals surface area contributed by atoms with Crippen LogP contribution in [0, 0.1) is 5.82 Å². The summed E-state index contributed by atoms with van der Waals surface area (Å²) >= 11 is 1.62. The minimum Gasteiger partial charge on any atom is -0.497 e. The minimum absolute atomic E-state index is 0.0547. The van der Waals surface area contributed by atoms with Gasteiger partial charge in [0.2, 0.25) is 0 Å². The van der Waals surface area contributed by atoms with Crippen molar-refractivity contribution in [2.75, 3.05) is 12.9 Å². The first kappa shape index (κ1) is 13.9. The molecule has 0 aliphatic rings. The fraction of sp³-hybridized carbons (Fsp3) is 0.200. The molecule has 0 saturated carbocycles. The van der Waals surface area contributed by atoms with Crippen LogP contribution in [0.4, 0.5) is 4.39 Å². The van der Waals surface area contributed by atoms with Crippen molar-refractivity contribution in [3.8, 4) is 5.75 Å². The summed E-state index contributed by atoms with van der Waals surface area (Å²) in [5.74, 6) is 1.35. The van der Waals surface area contributed by atoms with E-state index in [9.17, 15) is 4.39 Å². The Morgan fingerprint density at radius 3 is 2.32 bits per heavy atom. The smallest absolute Gasteiger partial charge is 0.123 e. The zero-order valence-electron chi connectivity index (χ0n) is 10.7. The number of hydrogen-bond donors (Lipinski definition) is 1. The van der Waals surface area contributed by atoms with Gasteiger partial charge in [-0.1, -0.05) is 12.1 Å². The van der Waals surface area contributed by atoms with Crippen LogP contribution in [0.1, 0.15) is 11.6 Å². The summed E-state index contributed by atoms with van der Waals surface area (Å²) in [7, 11) is 1.64.